The van der Waals surface area contributed by atoms with Crippen molar-refractivity contribution in [3.63, 3.8) is 0 Å². The number of halogens is 3. The van der Waals surface area contributed by atoms with E-state index in [1.54, 1.807) is 35.9 Å². The van der Waals surface area contributed by atoms with E-state index in [9.17, 15) is 18.9 Å². The van der Waals surface area contributed by atoms with Gasteiger partial charge in [0.1, 0.15) is 5.92 Å². The molecule has 0 amide bonds. The predicted molar refractivity (Wildman–Crippen MR) is 71.4 cm³/mol. The molecule has 7 heteroatoms. The third kappa shape index (κ3) is 2.75. The van der Waals surface area contributed by atoms with E-state index in [1.807, 2.05) is 0 Å². The minimum Gasteiger partial charge on any atom is -0.350 e. The second-order valence-corrected chi connectivity index (χ2v) is 5.38. The second-order valence-electron chi connectivity index (χ2n) is 4.32. The van der Waals surface area contributed by atoms with Gasteiger partial charge < -0.3 is 4.57 Å². The largest absolute Gasteiger partial charge is 0.350 e. The summed E-state index contributed by atoms with van der Waals surface area (Å²) in [7, 11) is 1.72. The van der Waals surface area contributed by atoms with E-state index in [1.165, 1.54) is 6.20 Å². The van der Waals surface area contributed by atoms with Gasteiger partial charge in [-0.15, -0.1) is 0 Å². The van der Waals surface area contributed by atoms with Crippen LogP contribution in [0.4, 0.5) is 8.78 Å². The Bertz CT molecular complexity index is 622. The summed E-state index contributed by atoms with van der Waals surface area (Å²) in [6.45, 7) is -0.827. The van der Waals surface area contributed by atoms with Gasteiger partial charge in [-0.1, -0.05) is 18.2 Å². The van der Waals surface area contributed by atoms with E-state index in [2.05, 4.69) is 15.9 Å². The van der Waals surface area contributed by atoms with Crippen LogP contribution in [-0.2, 0) is 7.05 Å². The number of alkyl halides is 3. The maximum absolute atomic E-state index is 13.6. The van der Waals surface area contributed by atoms with E-state index in [4.69, 9.17) is 0 Å². The van der Waals surface area contributed by atoms with Crippen molar-refractivity contribution in [2.45, 2.75) is 10.7 Å². The standard InChI is InChI=1S/C12H11BrF2N2O2/c1-16-6-9(8-4-2-3-5-11(8)16)10(7-17(18)19)12(13,14)15/h2-6,10H,7H2,1H3. The Hall–Kier alpha value is -1.50. The van der Waals surface area contributed by atoms with Gasteiger partial charge in [0.15, 0.2) is 0 Å². The summed E-state index contributed by atoms with van der Waals surface area (Å²) in [5, 5.41) is 11.2. The number of hydrogen-bond acceptors (Lipinski definition) is 2. The van der Waals surface area contributed by atoms with Crippen LogP contribution in [0, 0.1) is 10.1 Å². The van der Waals surface area contributed by atoms with Crippen LogP contribution >= 0.6 is 15.9 Å². The van der Waals surface area contributed by atoms with Gasteiger partial charge in [0.2, 0.25) is 6.54 Å². The van der Waals surface area contributed by atoms with E-state index in [-0.39, 0.29) is 5.56 Å². The lowest BCUT2D eigenvalue weighted by Gasteiger charge is -2.17. The zero-order valence-corrected chi connectivity index (χ0v) is 11.6. The molecule has 0 N–H and O–H groups in total. The van der Waals surface area contributed by atoms with Gasteiger partial charge in [-0.25, -0.2) is 0 Å². The smallest absolute Gasteiger partial charge is 0.314 e. The fourth-order valence-corrected chi connectivity index (χ4v) is 2.57. The van der Waals surface area contributed by atoms with Gasteiger partial charge in [-0.05, 0) is 27.6 Å². The van der Waals surface area contributed by atoms with E-state index in [0.29, 0.717) is 5.39 Å². The fraction of sp³-hybridized carbons (Fsp3) is 0.333. The van der Waals surface area contributed by atoms with Gasteiger partial charge in [0.25, 0.3) is 0 Å². The predicted octanol–water partition coefficient (Wildman–Crippen LogP) is 3.53. The molecule has 1 aromatic heterocycles. The Morgan fingerprint density at radius 3 is 2.68 bits per heavy atom. The number of para-hydroxylation sites is 1. The van der Waals surface area contributed by atoms with Gasteiger partial charge in [0, 0.05) is 29.1 Å². The Morgan fingerprint density at radius 2 is 2.11 bits per heavy atom. The highest BCUT2D eigenvalue weighted by atomic mass is 79.9. The number of rotatable bonds is 4. The van der Waals surface area contributed by atoms with Gasteiger partial charge in [-0.3, -0.25) is 10.1 Å². The minimum absolute atomic E-state index is 0.275. The van der Waals surface area contributed by atoms with Crippen molar-refractivity contribution in [2.24, 2.45) is 7.05 Å². The Kier molecular flexibility index (Phi) is 3.58. The molecular weight excluding hydrogens is 322 g/mol. The maximum Gasteiger partial charge on any atom is 0.314 e. The number of benzene rings is 1. The van der Waals surface area contributed by atoms with Crippen LogP contribution in [0.5, 0.6) is 0 Å². The zero-order valence-electron chi connectivity index (χ0n) is 10.0. The molecule has 1 heterocycles. The van der Waals surface area contributed by atoms with Gasteiger partial charge in [0.05, 0.1) is 0 Å². The first-order valence-electron chi connectivity index (χ1n) is 5.53. The van der Waals surface area contributed by atoms with Crippen molar-refractivity contribution in [2.75, 3.05) is 6.54 Å². The van der Waals surface area contributed by atoms with Crippen LogP contribution in [-0.4, -0.2) is 20.9 Å². The zero-order chi connectivity index (χ0) is 14.2. The molecule has 0 aliphatic heterocycles. The van der Waals surface area contributed by atoms with Crippen molar-refractivity contribution in [1.29, 1.82) is 0 Å². The quantitative estimate of drug-likeness (QED) is 0.488. The highest BCUT2D eigenvalue weighted by Gasteiger charge is 2.42. The summed E-state index contributed by atoms with van der Waals surface area (Å²) in [4.78, 5) is 6.57. The van der Waals surface area contributed by atoms with Crippen LogP contribution in [0.3, 0.4) is 0 Å². The van der Waals surface area contributed by atoms with Crippen molar-refractivity contribution >= 4 is 26.8 Å². The summed E-state index contributed by atoms with van der Waals surface area (Å²) < 4.78 is 28.8. The van der Waals surface area contributed by atoms with Crippen molar-refractivity contribution < 1.29 is 13.7 Å². The molecule has 0 spiro atoms. The summed E-state index contributed by atoms with van der Waals surface area (Å²) in [6, 6.07) is 6.99. The molecule has 19 heavy (non-hydrogen) atoms. The first-order chi connectivity index (χ1) is 8.80. The van der Waals surface area contributed by atoms with Crippen LogP contribution in [0.25, 0.3) is 10.9 Å². The number of hydrogen-bond donors (Lipinski definition) is 0. The number of nitrogens with zero attached hydrogens (tertiary/aromatic N) is 2. The number of aromatic nitrogens is 1. The topological polar surface area (TPSA) is 48.1 Å². The lowest BCUT2D eigenvalue weighted by atomic mass is 9.99. The molecule has 102 valence electrons. The van der Waals surface area contributed by atoms with Crippen molar-refractivity contribution in [3.05, 3.63) is 46.1 Å². The van der Waals surface area contributed by atoms with E-state index < -0.39 is 22.2 Å². The van der Waals surface area contributed by atoms with Gasteiger partial charge >= 0.3 is 4.83 Å². The summed E-state index contributed by atoms with van der Waals surface area (Å²) in [6.07, 6.45) is 1.52. The van der Waals surface area contributed by atoms with Gasteiger partial charge in [-0.2, -0.15) is 8.78 Å². The molecule has 0 saturated carbocycles. The second kappa shape index (κ2) is 4.88. The summed E-state index contributed by atoms with van der Waals surface area (Å²) in [5.74, 6) is -1.51. The molecule has 2 aromatic rings. The van der Waals surface area contributed by atoms with E-state index in [0.717, 1.165) is 5.52 Å². The lowest BCUT2D eigenvalue weighted by molar-refractivity contribution is -0.486. The lowest BCUT2D eigenvalue weighted by Crippen LogP contribution is -2.26. The number of nitro groups is 1. The SMILES string of the molecule is Cn1cc(C(C[N+](=O)[O-])C(F)(F)Br)c2ccccc21. The number of aryl methyl sites for hydroxylation is 1. The van der Waals surface area contributed by atoms with Crippen molar-refractivity contribution in [3.8, 4) is 0 Å². The fourth-order valence-electron chi connectivity index (χ4n) is 2.18. The molecule has 0 bridgehead atoms. The third-order valence-corrected chi connectivity index (χ3v) is 3.58. The Labute approximate surface area is 116 Å². The molecule has 0 aliphatic rings. The molecule has 0 fully saturated rings. The minimum atomic E-state index is -3.33. The first-order valence-corrected chi connectivity index (χ1v) is 6.32. The Morgan fingerprint density at radius 1 is 1.47 bits per heavy atom. The normalized spacial score (nSPS) is 13.7. The highest BCUT2D eigenvalue weighted by Crippen LogP contribution is 2.41. The monoisotopic (exact) mass is 332 g/mol. The molecule has 1 unspecified atom stereocenters. The molecule has 0 radical (unpaired) electrons. The van der Waals surface area contributed by atoms with Crippen LogP contribution in [0.1, 0.15) is 11.5 Å². The average molecular weight is 333 g/mol. The highest BCUT2D eigenvalue weighted by molar-refractivity contribution is 9.10. The third-order valence-electron chi connectivity index (χ3n) is 3.03. The molecule has 4 nitrogen and oxygen atoms in total. The average Bonchev–Trinajstić information content (AvgIpc) is 2.63. The summed E-state index contributed by atoms with van der Waals surface area (Å²) >= 11 is 2.26. The summed E-state index contributed by atoms with van der Waals surface area (Å²) in [5.41, 5.74) is 1.04. The molecule has 0 aliphatic carbocycles. The molecule has 1 aromatic carbocycles. The first kappa shape index (κ1) is 13.9. The molecule has 1 atom stereocenters. The van der Waals surface area contributed by atoms with Crippen LogP contribution in [0.15, 0.2) is 30.5 Å². The van der Waals surface area contributed by atoms with Crippen LogP contribution < -0.4 is 0 Å². The van der Waals surface area contributed by atoms with E-state index >= 15 is 0 Å². The molecular formula is C12H11BrF2N2O2. The molecule has 2 rings (SSSR count). The van der Waals surface area contributed by atoms with Crippen molar-refractivity contribution in [1.82, 2.24) is 4.57 Å². The maximum atomic E-state index is 13.6. The Balaban J connectivity index is 2.59. The number of fused-ring (bicyclic) bond motifs is 1. The van der Waals surface area contributed by atoms with Crippen LogP contribution in [0.2, 0.25) is 0 Å². The molecule has 0 saturated heterocycles.